The summed E-state index contributed by atoms with van der Waals surface area (Å²) >= 11 is 7.23. The largest absolute Gasteiger partial charge is 0.355 e. The van der Waals surface area contributed by atoms with Gasteiger partial charge in [0.2, 0.25) is 5.95 Å². The number of anilines is 1. The molecular weight excluding hydrogens is 385 g/mol. The van der Waals surface area contributed by atoms with E-state index < -0.39 is 5.95 Å². The number of piperidine rings is 1. The molecule has 0 unspecified atom stereocenters. The molecule has 2 aliphatic rings. The molecule has 1 spiro atoms. The molecule has 1 saturated carbocycles. The zero-order chi connectivity index (χ0) is 19.4. The first kappa shape index (κ1) is 20.3. The second-order valence-corrected chi connectivity index (χ2v) is 8.52. The lowest BCUT2D eigenvalue weighted by molar-refractivity contribution is 0.197. The Morgan fingerprint density at radius 1 is 1.41 bits per heavy atom. The molecule has 146 valence electrons. The van der Waals surface area contributed by atoms with Gasteiger partial charge in [-0.05, 0) is 44.7 Å². The van der Waals surface area contributed by atoms with E-state index in [1.54, 1.807) is 25.4 Å². The summed E-state index contributed by atoms with van der Waals surface area (Å²) in [5.74, 6) is 0.0672. The van der Waals surface area contributed by atoms with Crippen LogP contribution in [-0.2, 0) is 0 Å². The Hall–Kier alpha value is -1.44. The highest BCUT2D eigenvalue weighted by Crippen LogP contribution is 2.45. The van der Waals surface area contributed by atoms with Crippen molar-refractivity contribution < 1.29 is 4.39 Å². The number of nitrogens with two attached hydrogens (primary N) is 1. The third-order valence-electron chi connectivity index (χ3n) is 5.69. The highest BCUT2D eigenvalue weighted by Gasteiger charge is 2.42. The number of aromatic nitrogens is 2. The van der Waals surface area contributed by atoms with E-state index in [-0.39, 0.29) is 5.03 Å². The van der Waals surface area contributed by atoms with Crippen LogP contribution in [0, 0.1) is 5.41 Å². The lowest BCUT2D eigenvalue weighted by Gasteiger charge is -2.42. The Morgan fingerprint density at radius 2 is 2.15 bits per heavy atom. The zero-order valence-corrected chi connectivity index (χ0v) is 17.1. The standard InChI is InChI=1S/C19H25ClFN5S/c1-3-13(17(20)18(21)23-2)27-16-12-24-15(11-25-16)26-9-7-19(8-10-26)6-4-5-14(19)22/h3,11-12,14H,2,4-10,22H2,1H3/b13-3+,18-17+/t14-/m1/s1. The number of allylic oxidation sites excluding steroid dienone is 2. The number of thioether (sulfide) groups is 1. The minimum Gasteiger partial charge on any atom is -0.355 e. The van der Waals surface area contributed by atoms with Crippen molar-refractivity contribution in [2.45, 2.75) is 50.1 Å². The number of nitrogens with zero attached hydrogens (tertiary/aromatic N) is 4. The van der Waals surface area contributed by atoms with Crippen LogP contribution in [0.15, 0.2) is 44.4 Å². The first-order valence-electron chi connectivity index (χ1n) is 9.18. The summed E-state index contributed by atoms with van der Waals surface area (Å²) in [6.07, 6.45) is 11.0. The van der Waals surface area contributed by atoms with Gasteiger partial charge in [0.25, 0.3) is 0 Å². The minimum atomic E-state index is -0.797. The summed E-state index contributed by atoms with van der Waals surface area (Å²) in [4.78, 5) is 15.0. The van der Waals surface area contributed by atoms with Gasteiger partial charge in [-0.1, -0.05) is 35.9 Å². The summed E-state index contributed by atoms with van der Waals surface area (Å²) in [5.41, 5.74) is 6.68. The maximum Gasteiger partial charge on any atom is 0.232 e. The summed E-state index contributed by atoms with van der Waals surface area (Å²) in [6.45, 7) is 6.85. The fourth-order valence-corrected chi connectivity index (χ4v) is 5.02. The third kappa shape index (κ3) is 4.36. The van der Waals surface area contributed by atoms with Crippen LogP contribution in [0.25, 0.3) is 0 Å². The van der Waals surface area contributed by atoms with E-state index in [0.29, 0.717) is 21.4 Å². The normalized spacial score (nSPS) is 23.5. The molecule has 1 aliphatic carbocycles. The fraction of sp³-hybridized carbons (Fsp3) is 0.526. The van der Waals surface area contributed by atoms with E-state index in [2.05, 4.69) is 26.6 Å². The molecule has 0 bridgehead atoms. The topological polar surface area (TPSA) is 67.4 Å². The summed E-state index contributed by atoms with van der Waals surface area (Å²) < 4.78 is 13.5. The van der Waals surface area contributed by atoms with Gasteiger partial charge in [-0.15, -0.1) is 0 Å². The fourth-order valence-electron chi connectivity index (χ4n) is 4.01. The van der Waals surface area contributed by atoms with E-state index in [1.807, 2.05) is 0 Å². The van der Waals surface area contributed by atoms with Crippen LogP contribution in [0.1, 0.15) is 39.0 Å². The number of aliphatic imine (C=N–C) groups is 1. The van der Waals surface area contributed by atoms with Crippen LogP contribution in [0.3, 0.4) is 0 Å². The van der Waals surface area contributed by atoms with Crippen LogP contribution in [-0.4, -0.2) is 35.8 Å². The van der Waals surface area contributed by atoms with Crippen LogP contribution in [0.4, 0.5) is 10.2 Å². The van der Waals surface area contributed by atoms with Gasteiger partial charge in [0, 0.05) is 24.0 Å². The zero-order valence-electron chi connectivity index (χ0n) is 15.5. The molecule has 3 rings (SSSR count). The Bertz CT molecular complexity index is 741. The van der Waals surface area contributed by atoms with Crippen LogP contribution in [0.5, 0.6) is 0 Å². The Balaban J connectivity index is 1.63. The molecule has 2 heterocycles. The van der Waals surface area contributed by atoms with Gasteiger partial charge in [0.1, 0.15) is 15.9 Å². The Labute approximate surface area is 169 Å². The van der Waals surface area contributed by atoms with E-state index in [0.717, 1.165) is 38.2 Å². The maximum absolute atomic E-state index is 13.5. The lowest BCUT2D eigenvalue weighted by atomic mass is 9.74. The molecule has 1 atom stereocenters. The monoisotopic (exact) mass is 409 g/mol. The van der Waals surface area contributed by atoms with Crippen LogP contribution < -0.4 is 10.6 Å². The van der Waals surface area contributed by atoms with Crippen LogP contribution in [0.2, 0.25) is 0 Å². The first-order valence-corrected chi connectivity index (χ1v) is 10.4. The quantitative estimate of drug-likeness (QED) is 0.332. The van der Waals surface area contributed by atoms with Crippen molar-refractivity contribution in [3.05, 3.63) is 34.4 Å². The van der Waals surface area contributed by atoms with Crippen molar-refractivity contribution >= 4 is 35.9 Å². The highest BCUT2D eigenvalue weighted by molar-refractivity contribution is 8.03. The molecule has 5 nitrogen and oxygen atoms in total. The smallest absolute Gasteiger partial charge is 0.232 e. The first-order chi connectivity index (χ1) is 13.0. The van der Waals surface area contributed by atoms with E-state index in [4.69, 9.17) is 17.3 Å². The molecular formula is C19H25ClFN5S. The summed E-state index contributed by atoms with van der Waals surface area (Å²) in [6, 6.07) is 0.340. The third-order valence-corrected chi connectivity index (χ3v) is 7.24. The Kier molecular flexibility index (Phi) is 6.55. The van der Waals surface area contributed by atoms with E-state index >= 15 is 0 Å². The number of hydrogen-bond acceptors (Lipinski definition) is 6. The number of halogens is 2. The van der Waals surface area contributed by atoms with Crippen molar-refractivity contribution in [2.24, 2.45) is 16.1 Å². The Morgan fingerprint density at radius 3 is 2.67 bits per heavy atom. The average Bonchev–Trinajstić information content (AvgIpc) is 3.05. The second-order valence-electron chi connectivity index (χ2n) is 7.08. The average molecular weight is 410 g/mol. The van der Waals surface area contributed by atoms with Gasteiger partial charge < -0.3 is 10.6 Å². The van der Waals surface area contributed by atoms with Gasteiger partial charge in [0.15, 0.2) is 0 Å². The predicted molar refractivity (Wildman–Crippen MR) is 111 cm³/mol. The lowest BCUT2D eigenvalue weighted by Crippen LogP contribution is -2.47. The van der Waals surface area contributed by atoms with Gasteiger partial charge in [-0.25, -0.2) is 15.0 Å². The van der Waals surface area contributed by atoms with Gasteiger partial charge in [-0.2, -0.15) is 4.39 Å². The molecule has 2 fully saturated rings. The predicted octanol–water partition coefficient (Wildman–Crippen LogP) is 4.65. The molecule has 0 amide bonds. The summed E-state index contributed by atoms with van der Waals surface area (Å²) in [5, 5.41) is 0.575. The number of hydrogen-bond donors (Lipinski definition) is 1. The molecule has 1 aromatic rings. The minimum absolute atomic E-state index is 0.0717. The van der Waals surface area contributed by atoms with E-state index in [1.165, 1.54) is 24.6 Å². The van der Waals surface area contributed by atoms with Crippen molar-refractivity contribution in [2.75, 3.05) is 18.0 Å². The molecule has 0 aromatic carbocycles. The molecule has 2 N–H and O–H groups in total. The van der Waals surface area contributed by atoms with Crippen LogP contribution >= 0.6 is 23.4 Å². The second kappa shape index (κ2) is 8.71. The molecule has 27 heavy (non-hydrogen) atoms. The van der Waals surface area contributed by atoms with Crippen molar-refractivity contribution in [3.63, 3.8) is 0 Å². The van der Waals surface area contributed by atoms with Crippen molar-refractivity contribution in [1.82, 2.24) is 9.97 Å². The number of rotatable bonds is 5. The van der Waals surface area contributed by atoms with Gasteiger partial charge in [-0.3, -0.25) is 0 Å². The van der Waals surface area contributed by atoms with Gasteiger partial charge >= 0.3 is 0 Å². The van der Waals surface area contributed by atoms with Gasteiger partial charge in [0.05, 0.1) is 12.4 Å². The highest BCUT2D eigenvalue weighted by atomic mass is 35.5. The molecule has 1 saturated heterocycles. The van der Waals surface area contributed by atoms with Crippen molar-refractivity contribution in [1.29, 1.82) is 0 Å². The van der Waals surface area contributed by atoms with E-state index in [9.17, 15) is 4.39 Å². The molecule has 0 radical (unpaired) electrons. The molecule has 8 heteroatoms. The SMILES string of the molecule is C=N/C(F)=C(Cl)\C(=C/C)Sc1cnc(N2CCC3(CCC[C@H]3N)CC2)cn1. The summed E-state index contributed by atoms with van der Waals surface area (Å²) in [7, 11) is 0. The maximum atomic E-state index is 13.5. The van der Waals surface area contributed by atoms with Crippen molar-refractivity contribution in [3.8, 4) is 0 Å². The molecule has 1 aliphatic heterocycles. The molecule has 1 aromatic heterocycles.